The lowest BCUT2D eigenvalue weighted by atomic mass is 9.96. The van der Waals surface area contributed by atoms with E-state index >= 15 is 0 Å². The van der Waals surface area contributed by atoms with Crippen LogP contribution in [0.25, 0.3) is 0 Å². The molecule has 0 saturated carbocycles. The molecule has 1 atom stereocenters. The molecular weight excluding hydrogens is 289 g/mol. The Morgan fingerprint density at radius 1 is 1.24 bits per heavy atom. The second-order valence-corrected chi connectivity index (χ2v) is 8.30. The van der Waals surface area contributed by atoms with Crippen LogP contribution in [-0.4, -0.2) is 32.5 Å². The van der Waals surface area contributed by atoms with Crippen LogP contribution in [0.4, 0.5) is 4.39 Å². The number of nitrogens with one attached hydrogen (secondary N) is 1. The summed E-state index contributed by atoms with van der Waals surface area (Å²) in [4.78, 5) is 0. The molecule has 1 unspecified atom stereocenters. The normalized spacial score (nSPS) is 13.6. The maximum Gasteiger partial charge on any atom is 0.152 e. The maximum absolute atomic E-state index is 14.0. The minimum absolute atomic E-state index is 0.0947. The van der Waals surface area contributed by atoms with E-state index in [1.807, 2.05) is 0 Å². The van der Waals surface area contributed by atoms with E-state index in [0.29, 0.717) is 18.5 Å². The Labute approximate surface area is 127 Å². The molecule has 0 bridgehead atoms. The molecule has 0 aromatic heterocycles. The summed E-state index contributed by atoms with van der Waals surface area (Å²) in [6, 6.07) is 6.62. The smallest absolute Gasteiger partial charge is 0.152 e. The predicted octanol–water partition coefficient (Wildman–Crippen LogP) is 3.12. The van der Waals surface area contributed by atoms with Gasteiger partial charge in [0.05, 0.1) is 11.0 Å². The SMILES string of the molecule is CCCNCC(CCS(=O)(=O)C(C)C)c1ccccc1F. The standard InChI is InChI=1S/C16H26FNO2S/c1-4-10-18-12-14(9-11-21(19,20)13(2)3)15-7-5-6-8-16(15)17/h5-8,13-14,18H,4,9-12H2,1-3H3. The molecule has 0 amide bonds. The fraction of sp³-hybridized carbons (Fsp3) is 0.625. The molecule has 0 aliphatic rings. The largest absolute Gasteiger partial charge is 0.316 e. The van der Waals surface area contributed by atoms with Gasteiger partial charge < -0.3 is 5.32 Å². The van der Waals surface area contributed by atoms with Crippen LogP contribution in [0.15, 0.2) is 24.3 Å². The number of benzene rings is 1. The van der Waals surface area contributed by atoms with Crippen molar-refractivity contribution >= 4 is 9.84 Å². The van der Waals surface area contributed by atoms with Gasteiger partial charge in [0.2, 0.25) is 0 Å². The Morgan fingerprint density at radius 2 is 1.90 bits per heavy atom. The lowest BCUT2D eigenvalue weighted by molar-refractivity contribution is 0.523. The Bertz CT molecular complexity index is 529. The summed E-state index contributed by atoms with van der Waals surface area (Å²) in [5.41, 5.74) is 0.597. The van der Waals surface area contributed by atoms with Crippen molar-refractivity contribution in [3.63, 3.8) is 0 Å². The first-order chi connectivity index (χ1) is 9.88. The second kappa shape index (κ2) is 8.49. The number of hydrogen-bond acceptors (Lipinski definition) is 3. The zero-order chi connectivity index (χ0) is 15.9. The first-order valence-corrected chi connectivity index (χ1v) is 9.26. The molecule has 0 saturated heterocycles. The van der Waals surface area contributed by atoms with E-state index in [4.69, 9.17) is 0 Å². The summed E-state index contributed by atoms with van der Waals surface area (Å²) in [7, 11) is -3.09. The summed E-state index contributed by atoms with van der Waals surface area (Å²) in [5, 5.41) is 2.88. The third kappa shape index (κ3) is 5.75. The van der Waals surface area contributed by atoms with Crippen LogP contribution in [-0.2, 0) is 9.84 Å². The van der Waals surface area contributed by atoms with Crippen LogP contribution < -0.4 is 5.32 Å². The van der Waals surface area contributed by atoms with Gasteiger partial charge in [0.25, 0.3) is 0 Å². The Balaban J connectivity index is 2.81. The van der Waals surface area contributed by atoms with E-state index in [9.17, 15) is 12.8 Å². The van der Waals surface area contributed by atoms with Gasteiger partial charge in [-0.1, -0.05) is 25.1 Å². The van der Waals surface area contributed by atoms with Crippen LogP contribution in [0, 0.1) is 5.82 Å². The zero-order valence-corrected chi connectivity index (χ0v) is 13.9. The van der Waals surface area contributed by atoms with Crippen molar-refractivity contribution in [1.82, 2.24) is 5.32 Å². The number of sulfone groups is 1. The molecule has 21 heavy (non-hydrogen) atoms. The third-order valence-corrected chi connectivity index (χ3v) is 5.87. The van der Waals surface area contributed by atoms with Gasteiger partial charge in [-0.05, 0) is 44.9 Å². The lowest BCUT2D eigenvalue weighted by Gasteiger charge is -2.19. The Morgan fingerprint density at radius 3 is 2.48 bits per heavy atom. The Kier molecular flexibility index (Phi) is 7.32. The summed E-state index contributed by atoms with van der Waals surface area (Å²) >= 11 is 0. The molecule has 0 heterocycles. The first-order valence-electron chi connectivity index (χ1n) is 7.55. The maximum atomic E-state index is 14.0. The first kappa shape index (κ1) is 18.1. The summed E-state index contributed by atoms with van der Waals surface area (Å²) in [6.45, 7) is 6.88. The highest BCUT2D eigenvalue weighted by Crippen LogP contribution is 2.23. The topological polar surface area (TPSA) is 46.2 Å². The fourth-order valence-corrected chi connectivity index (χ4v) is 3.25. The summed E-state index contributed by atoms with van der Waals surface area (Å²) in [6.07, 6.45) is 1.44. The minimum atomic E-state index is -3.09. The van der Waals surface area contributed by atoms with Gasteiger partial charge in [-0.15, -0.1) is 0 Å². The Hall–Kier alpha value is -0.940. The van der Waals surface area contributed by atoms with Crippen molar-refractivity contribution in [3.8, 4) is 0 Å². The van der Waals surface area contributed by atoms with E-state index in [1.54, 1.807) is 32.0 Å². The van der Waals surface area contributed by atoms with Crippen molar-refractivity contribution in [2.45, 2.75) is 44.8 Å². The molecule has 120 valence electrons. The van der Waals surface area contributed by atoms with E-state index in [1.165, 1.54) is 6.07 Å². The highest BCUT2D eigenvalue weighted by atomic mass is 32.2. The monoisotopic (exact) mass is 315 g/mol. The summed E-state index contributed by atoms with van der Waals surface area (Å²) < 4.78 is 37.9. The molecular formula is C16H26FNO2S. The average molecular weight is 315 g/mol. The van der Waals surface area contributed by atoms with Crippen molar-refractivity contribution in [2.24, 2.45) is 0 Å². The average Bonchev–Trinajstić information content (AvgIpc) is 2.43. The fourth-order valence-electron chi connectivity index (χ4n) is 2.17. The van der Waals surface area contributed by atoms with Gasteiger partial charge >= 0.3 is 0 Å². The third-order valence-electron chi connectivity index (χ3n) is 3.63. The number of rotatable bonds is 9. The van der Waals surface area contributed by atoms with Crippen LogP contribution in [0.3, 0.4) is 0 Å². The molecule has 5 heteroatoms. The molecule has 0 aliphatic heterocycles. The molecule has 3 nitrogen and oxygen atoms in total. The van der Waals surface area contributed by atoms with Crippen LogP contribution >= 0.6 is 0 Å². The predicted molar refractivity (Wildman–Crippen MR) is 85.8 cm³/mol. The number of hydrogen-bond donors (Lipinski definition) is 1. The van der Waals surface area contributed by atoms with Gasteiger partial charge in [0.15, 0.2) is 9.84 Å². The van der Waals surface area contributed by atoms with Gasteiger partial charge in [-0.2, -0.15) is 0 Å². The molecule has 1 aromatic rings. The zero-order valence-electron chi connectivity index (χ0n) is 13.1. The van der Waals surface area contributed by atoms with Gasteiger partial charge in [-0.3, -0.25) is 0 Å². The molecule has 0 spiro atoms. The van der Waals surface area contributed by atoms with Gasteiger partial charge in [0.1, 0.15) is 5.82 Å². The molecule has 1 rings (SSSR count). The molecule has 1 aromatic carbocycles. The van der Waals surface area contributed by atoms with Crippen molar-refractivity contribution < 1.29 is 12.8 Å². The minimum Gasteiger partial charge on any atom is -0.316 e. The van der Waals surface area contributed by atoms with E-state index in [-0.39, 0.29) is 22.7 Å². The van der Waals surface area contributed by atoms with E-state index < -0.39 is 9.84 Å². The summed E-state index contributed by atoms with van der Waals surface area (Å²) in [5.74, 6) is -0.286. The van der Waals surface area contributed by atoms with Crippen LogP contribution in [0.1, 0.15) is 45.1 Å². The van der Waals surface area contributed by atoms with Crippen molar-refractivity contribution in [1.29, 1.82) is 0 Å². The van der Waals surface area contributed by atoms with Crippen LogP contribution in [0.2, 0.25) is 0 Å². The molecule has 0 fully saturated rings. The van der Waals surface area contributed by atoms with Gasteiger partial charge in [0, 0.05) is 12.5 Å². The molecule has 0 radical (unpaired) electrons. The molecule has 1 N–H and O–H groups in total. The number of halogens is 1. The van der Waals surface area contributed by atoms with Gasteiger partial charge in [-0.25, -0.2) is 12.8 Å². The van der Waals surface area contributed by atoms with Crippen LogP contribution in [0.5, 0.6) is 0 Å². The second-order valence-electron chi connectivity index (χ2n) is 5.63. The van der Waals surface area contributed by atoms with E-state index in [0.717, 1.165) is 13.0 Å². The highest BCUT2D eigenvalue weighted by molar-refractivity contribution is 7.91. The quantitative estimate of drug-likeness (QED) is 0.712. The lowest BCUT2D eigenvalue weighted by Crippen LogP contribution is -2.26. The van der Waals surface area contributed by atoms with E-state index in [2.05, 4.69) is 12.2 Å². The van der Waals surface area contributed by atoms with Crippen molar-refractivity contribution in [3.05, 3.63) is 35.6 Å². The van der Waals surface area contributed by atoms with Crippen molar-refractivity contribution in [2.75, 3.05) is 18.8 Å². The highest BCUT2D eigenvalue weighted by Gasteiger charge is 2.21. The molecule has 0 aliphatic carbocycles.